The van der Waals surface area contributed by atoms with Gasteiger partial charge in [0.2, 0.25) is 5.89 Å². The second-order valence-corrected chi connectivity index (χ2v) is 5.46. The average Bonchev–Trinajstić information content (AvgIpc) is 2.86. The van der Waals surface area contributed by atoms with Gasteiger partial charge in [-0.1, -0.05) is 22.9 Å². The first-order valence-corrected chi connectivity index (χ1v) is 7.42. The molecule has 0 amide bonds. The summed E-state index contributed by atoms with van der Waals surface area (Å²) in [5.41, 5.74) is 1.27. The number of hydrogen-bond donors (Lipinski definition) is 1. The molecular formula is C14H19N3OS. The minimum Gasteiger partial charge on any atom is -0.339 e. The van der Waals surface area contributed by atoms with Crippen LogP contribution in [0.5, 0.6) is 0 Å². The highest BCUT2D eigenvalue weighted by molar-refractivity contribution is 7.98. The first-order chi connectivity index (χ1) is 9.28. The molecule has 0 fully saturated rings. The maximum atomic E-state index is 5.22. The highest BCUT2D eigenvalue weighted by atomic mass is 32.2. The zero-order valence-corrected chi connectivity index (χ0v) is 12.2. The van der Waals surface area contributed by atoms with E-state index in [0.717, 1.165) is 36.9 Å². The molecule has 2 aromatic rings. The van der Waals surface area contributed by atoms with Gasteiger partial charge in [0, 0.05) is 11.3 Å². The van der Waals surface area contributed by atoms with Crippen LogP contribution >= 0.6 is 11.8 Å². The van der Waals surface area contributed by atoms with E-state index in [2.05, 4.69) is 46.6 Å². The van der Waals surface area contributed by atoms with E-state index in [1.54, 1.807) is 11.8 Å². The van der Waals surface area contributed by atoms with Crippen LogP contribution in [0, 0.1) is 6.92 Å². The standard InChI is InChI=1S/C14H19N3OS/c1-11-5-7-12(8-6-11)19-10-13-16-14(18-17-13)4-3-9-15-2/h5-8,15H,3-4,9-10H2,1-2H3. The quantitative estimate of drug-likeness (QED) is 0.623. The fourth-order valence-electron chi connectivity index (χ4n) is 1.65. The van der Waals surface area contributed by atoms with Crippen LogP contribution in [0.4, 0.5) is 0 Å². The molecule has 0 atom stereocenters. The zero-order valence-electron chi connectivity index (χ0n) is 11.3. The van der Waals surface area contributed by atoms with Crippen molar-refractivity contribution in [3.05, 3.63) is 41.5 Å². The van der Waals surface area contributed by atoms with Crippen molar-refractivity contribution in [3.63, 3.8) is 0 Å². The molecule has 0 aliphatic rings. The minimum absolute atomic E-state index is 0.731. The van der Waals surface area contributed by atoms with Gasteiger partial charge in [0.1, 0.15) is 0 Å². The number of aromatic nitrogens is 2. The lowest BCUT2D eigenvalue weighted by Gasteiger charge is -1.98. The van der Waals surface area contributed by atoms with Gasteiger partial charge in [0.05, 0.1) is 5.75 Å². The van der Waals surface area contributed by atoms with Crippen molar-refractivity contribution >= 4 is 11.8 Å². The van der Waals surface area contributed by atoms with E-state index >= 15 is 0 Å². The summed E-state index contributed by atoms with van der Waals surface area (Å²) in [5, 5.41) is 7.10. The summed E-state index contributed by atoms with van der Waals surface area (Å²) in [4.78, 5) is 5.62. The van der Waals surface area contributed by atoms with Gasteiger partial charge in [0.15, 0.2) is 5.82 Å². The molecule has 5 heteroatoms. The summed E-state index contributed by atoms with van der Waals surface area (Å²) in [5.74, 6) is 2.25. The first kappa shape index (κ1) is 14.1. The summed E-state index contributed by atoms with van der Waals surface area (Å²) in [6.45, 7) is 3.06. The Kier molecular flexibility index (Phi) is 5.42. The van der Waals surface area contributed by atoms with E-state index in [0.29, 0.717) is 0 Å². The van der Waals surface area contributed by atoms with Crippen molar-refractivity contribution in [2.45, 2.75) is 30.4 Å². The Bertz CT molecular complexity index is 496. The van der Waals surface area contributed by atoms with Crippen molar-refractivity contribution in [2.24, 2.45) is 0 Å². The molecule has 0 aliphatic carbocycles. The molecule has 19 heavy (non-hydrogen) atoms. The van der Waals surface area contributed by atoms with Crippen LogP contribution in [0.3, 0.4) is 0 Å². The number of thioether (sulfide) groups is 1. The number of hydrogen-bond acceptors (Lipinski definition) is 5. The number of nitrogens with one attached hydrogen (secondary N) is 1. The number of benzene rings is 1. The largest absolute Gasteiger partial charge is 0.339 e. The topological polar surface area (TPSA) is 51.0 Å². The monoisotopic (exact) mass is 277 g/mol. The van der Waals surface area contributed by atoms with Crippen LogP contribution < -0.4 is 5.32 Å². The van der Waals surface area contributed by atoms with Gasteiger partial charge in [-0.15, -0.1) is 11.8 Å². The molecule has 0 saturated carbocycles. The molecule has 0 spiro atoms. The van der Waals surface area contributed by atoms with Crippen LogP contribution in [-0.4, -0.2) is 23.7 Å². The Labute approximate surface area is 118 Å². The van der Waals surface area contributed by atoms with E-state index in [4.69, 9.17) is 4.52 Å². The molecule has 0 unspecified atom stereocenters. The smallest absolute Gasteiger partial charge is 0.226 e. The molecule has 2 rings (SSSR count). The van der Waals surface area contributed by atoms with E-state index in [1.807, 2.05) is 7.05 Å². The van der Waals surface area contributed by atoms with Gasteiger partial charge in [-0.2, -0.15) is 4.98 Å². The molecule has 0 radical (unpaired) electrons. The molecule has 1 aromatic carbocycles. The lowest BCUT2D eigenvalue weighted by Crippen LogP contribution is -2.08. The highest BCUT2D eigenvalue weighted by Gasteiger charge is 2.06. The number of nitrogens with zero attached hydrogens (tertiary/aromatic N) is 2. The molecule has 4 nitrogen and oxygen atoms in total. The van der Waals surface area contributed by atoms with Gasteiger partial charge in [-0.05, 0) is 39.1 Å². The summed E-state index contributed by atoms with van der Waals surface area (Å²) < 4.78 is 5.22. The third-order valence-electron chi connectivity index (χ3n) is 2.72. The van der Waals surface area contributed by atoms with Crippen LogP contribution in [0.2, 0.25) is 0 Å². The lowest BCUT2D eigenvalue weighted by atomic mass is 10.2. The van der Waals surface area contributed by atoms with Crippen LogP contribution in [0.25, 0.3) is 0 Å². The van der Waals surface area contributed by atoms with Gasteiger partial charge < -0.3 is 9.84 Å². The fourth-order valence-corrected chi connectivity index (χ4v) is 2.39. The summed E-state index contributed by atoms with van der Waals surface area (Å²) in [6.07, 6.45) is 1.85. The van der Waals surface area contributed by atoms with Crippen LogP contribution in [0.1, 0.15) is 23.7 Å². The van der Waals surface area contributed by atoms with E-state index in [1.165, 1.54) is 10.5 Å². The molecule has 0 saturated heterocycles. The molecule has 1 N–H and O–H groups in total. The summed E-state index contributed by atoms with van der Waals surface area (Å²) in [6, 6.07) is 8.46. The Hall–Kier alpha value is -1.33. The van der Waals surface area contributed by atoms with Crippen molar-refractivity contribution < 1.29 is 4.52 Å². The van der Waals surface area contributed by atoms with E-state index in [9.17, 15) is 0 Å². The van der Waals surface area contributed by atoms with Gasteiger partial charge >= 0.3 is 0 Å². The Morgan fingerprint density at radius 2 is 2.05 bits per heavy atom. The zero-order chi connectivity index (χ0) is 13.5. The summed E-state index contributed by atoms with van der Waals surface area (Å²) in [7, 11) is 1.94. The van der Waals surface area contributed by atoms with Gasteiger partial charge in [-0.25, -0.2) is 0 Å². The Balaban J connectivity index is 1.81. The number of rotatable bonds is 7. The third-order valence-corrected chi connectivity index (χ3v) is 3.72. The third kappa shape index (κ3) is 4.69. The summed E-state index contributed by atoms with van der Waals surface area (Å²) >= 11 is 1.73. The van der Waals surface area contributed by atoms with Gasteiger partial charge in [-0.3, -0.25) is 0 Å². The van der Waals surface area contributed by atoms with Gasteiger partial charge in [0.25, 0.3) is 0 Å². The van der Waals surface area contributed by atoms with Crippen molar-refractivity contribution in [1.82, 2.24) is 15.5 Å². The lowest BCUT2D eigenvalue weighted by molar-refractivity contribution is 0.371. The van der Waals surface area contributed by atoms with Crippen molar-refractivity contribution in [3.8, 4) is 0 Å². The molecular weight excluding hydrogens is 258 g/mol. The second kappa shape index (κ2) is 7.31. The normalized spacial score (nSPS) is 10.8. The second-order valence-electron chi connectivity index (χ2n) is 4.41. The molecule has 102 valence electrons. The average molecular weight is 277 g/mol. The maximum Gasteiger partial charge on any atom is 0.226 e. The maximum absolute atomic E-state index is 5.22. The van der Waals surface area contributed by atoms with Crippen LogP contribution in [-0.2, 0) is 12.2 Å². The molecule has 1 heterocycles. The predicted molar refractivity (Wildman–Crippen MR) is 77.3 cm³/mol. The molecule has 1 aromatic heterocycles. The Morgan fingerprint density at radius 3 is 2.79 bits per heavy atom. The Morgan fingerprint density at radius 1 is 1.26 bits per heavy atom. The molecule has 0 bridgehead atoms. The minimum atomic E-state index is 0.731. The highest BCUT2D eigenvalue weighted by Crippen LogP contribution is 2.21. The van der Waals surface area contributed by atoms with Crippen molar-refractivity contribution in [1.29, 1.82) is 0 Å². The first-order valence-electron chi connectivity index (χ1n) is 6.43. The fraction of sp³-hybridized carbons (Fsp3) is 0.429. The molecule has 0 aliphatic heterocycles. The van der Waals surface area contributed by atoms with Crippen LogP contribution in [0.15, 0.2) is 33.7 Å². The SMILES string of the molecule is CNCCCc1nc(CSc2ccc(C)cc2)no1. The van der Waals surface area contributed by atoms with Crippen molar-refractivity contribution in [2.75, 3.05) is 13.6 Å². The number of aryl methyl sites for hydroxylation is 2. The van der Waals surface area contributed by atoms with E-state index in [-0.39, 0.29) is 0 Å². The van der Waals surface area contributed by atoms with E-state index < -0.39 is 0 Å². The predicted octanol–water partition coefficient (Wildman–Crippen LogP) is 2.82.